The third-order valence-electron chi connectivity index (χ3n) is 2.88. The molecule has 1 unspecified atom stereocenters. The van der Waals surface area contributed by atoms with Crippen molar-refractivity contribution in [2.24, 2.45) is 11.5 Å². The summed E-state index contributed by atoms with van der Waals surface area (Å²) in [5.41, 5.74) is 21.1. The predicted octanol–water partition coefficient (Wildman–Crippen LogP) is 1.89. The Bertz CT molecular complexity index is 117. The van der Waals surface area contributed by atoms with Gasteiger partial charge in [-0.15, -0.1) is 0 Å². The van der Waals surface area contributed by atoms with Gasteiger partial charge in [0.25, 0.3) is 0 Å². The van der Waals surface area contributed by atoms with Gasteiger partial charge in [-0.2, -0.15) is 0 Å². The van der Waals surface area contributed by atoms with Gasteiger partial charge < -0.3 is 0 Å². The summed E-state index contributed by atoms with van der Waals surface area (Å²) in [6.45, 7) is 0.778. The molecule has 2 nitrogen and oxygen atoms in total. The zero-order chi connectivity index (χ0) is 9.15. The molecule has 0 saturated carbocycles. The molecular formula is C8H23N2Zn. The molecule has 0 aliphatic heterocycles. The summed E-state index contributed by atoms with van der Waals surface area (Å²) in [6, 6.07) is 0. The zero-order valence-electron chi connectivity index (χ0n) is 8.56. The van der Waals surface area contributed by atoms with E-state index >= 15 is 0 Å². The van der Waals surface area contributed by atoms with Gasteiger partial charge in [-0.1, -0.05) is 0 Å². The van der Waals surface area contributed by atoms with E-state index in [9.17, 15) is 0 Å². The maximum atomic E-state index is 6.11. The number of hydrogen-bond donors (Lipinski definition) is 2. The van der Waals surface area contributed by atoms with Crippen LogP contribution in [-0.2, 0) is 13.6 Å². The summed E-state index contributed by atoms with van der Waals surface area (Å²) in [6.07, 6.45) is 2.20. The molecule has 0 bridgehead atoms. The second-order valence-electron chi connectivity index (χ2n) is 7.57. The van der Waals surface area contributed by atoms with Crippen molar-refractivity contribution >= 4 is 0 Å². The van der Waals surface area contributed by atoms with Crippen molar-refractivity contribution < 1.29 is 13.6 Å². The van der Waals surface area contributed by atoms with Crippen LogP contribution in [0.25, 0.3) is 0 Å². The molecule has 0 fully saturated rings. The quantitative estimate of drug-likeness (QED) is 0.700. The van der Waals surface area contributed by atoms with Crippen molar-refractivity contribution in [1.82, 2.24) is 0 Å². The molecule has 0 aromatic rings. The Balaban J connectivity index is 3.93. The molecule has 0 spiro atoms. The van der Waals surface area contributed by atoms with E-state index in [2.05, 4.69) is 22.1 Å². The fraction of sp³-hybridized carbons (Fsp3) is 1.00. The van der Waals surface area contributed by atoms with Crippen LogP contribution < -0.4 is 11.5 Å². The fourth-order valence-electron chi connectivity index (χ4n) is 1.20. The minimum atomic E-state index is -2.43. The van der Waals surface area contributed by atoms with Gasteiger partial charge >= 0.3 is 71.2 Å². The molecule has 0 amide bonds. The van der Waals surface area contributed by atoms with Crippen LogP contribution in [0.5, 0.6) is 0 Å². The van der Waals surface area contributed by atoms with Crippen molar-refractivity contribution in [2.75, 3.05) is 6.54 Å². The summed E-state index contributed by atoms with van der Waals surface area (Å²) in [4.78, 5) is 0. The van der Waals surface area contributed by atoms with Gasteiger partial charge in [0.05, 0.1) is 0 Å². The van der Waals surface area contributed by atoms with Crippen LogP contribution in [0.15, 0.2) is 0 Å². The molecule has 0 aromatic carbocycles. The van der Waals surface area contributed by atoms with Crippen LogP contribution in [-0.4, -0.2) is 11.2 Å². The Hall–Kier alpha value is 0.543. The van der Waals surface area contributed by atoms with E-state index in [1.807, 2.05) is 0 Å². The zero-order valence-corrected chi connectivity index (χ0v) is 11.5. The Kier molecular flexibility index (Phi) is 3.68. The van der Waals surface area contributed by atoms with E-state index in [0.29, 0.717) is 4.64 Å². The van der Waals surface area contributed by atoms with E-state index in [1.165, 1.54) is 0 Å². The Morgan fingerprint density at radius 1 is 1.18 bits per heavy atom. The van der Waals surface area contributed by atoms with Gasteiger partial charge in [0.15, 0.2) is 0 Å². The summed E-state index contributed by atoms with van der Waals surface area (Å²) in [7, 11) is 0. The first-order valence-corrected chi connectivity index (χ1v) is 19.0. The average molecular weight is 213 g/mol. The molecule has 0 aromatic heterocycles. The van der Waals surface area contributed by atoms with Crippen LogP contribution in [0.1, 0.15) is 12.8 Å². The van der Waals surface area contributed by atoms with Crippen molar-refractivity contribution in [1.29, 1.82) is 0 Å². The second kappa shape index (κ2) is 3.51. The molecule has 0 rings (SSSR count). The summed E-state index contributed by atoms with van der Waals surface area (Å²) in [5, 5.41) is 0. The molecule has 4 N–H and O–H groups in total. The van der Waals surface area contributed by atoms with E-state index in [1.54, 1.807) is 0 Å². The summed E-state index contributed by atoms with van der Waals surface area (Å²) >= 11 is -2.43. The van der Waals surface area contributed by atoms with Gasteiger partial charge in [0.2, 0.25) is 0 Å². The first-order valence-electron chi connectivity index (χ1n) is 5.39. The van der Waals surface area contributed by atoms with E-state index in [0.717, 1.165) is 19.4 Å². The topological polar surface area (TPSA) is 52.0 Å². The molecule has 1 atom stereocenters. The Labute approximate surface area is 71.5 Å². The Morgan fingerprint density at radius 3 is 1.91 bits per heavy atom. The SMILES string of the molecule is [CH3][Zn]([CH3])([CH3])([CH3])[CH](N)CCCN. The van der Waals surface area contributed by atoms with E-state index in [-0.39, 0.29) is 0 Å². The van der Waals surface area contributed by atoms with Crippen molar-refractivity contribution in [3.8, 4) is 0 Å². The minimum absolute atomic E-state index is 0.451. The molecule has 3 heteroatoms. The average Bonchev–Trinajstić information content (AvgIpc) is 1.78. The number of hydrogen-bond acceptors (Lipinski definition) is 2. The monoisotopic (exact) mass is 211 g/mol. The van der Waals surface area contributed by atoms with Crippen molar-refractivity contribution in [3.63, 3.8) is 0 Å². The second-order valence-corrected chi connectivity index (χ2v) is 34.4. The number of nitrogens with two attached hydrogens (primary N) is 2. The van der Waals surface area contributed by atoms with Gasteiger partial charge in [0, 0.05) is 0 Å². The number of rotatable bonds is 4. The van der Waals surface area contributed by atoms with Gasteiger partial charge in [0.1, 0.15) is 0 Å². The molecule has 67 valence electrons. The van der Waals surface area contributed by atoms with Crippen LogP contribution in [0.3, 0.4) is 0 Å². The molecule has 0 aliphatic rings. The van der Waals surface area contributed by atoms with Gasteiger partial charge in [-0.25, -0.2) is 0 Å². The van der Waals surface area contributed by atoms with Gasteiger partial charge in [-0.3, -0.25) is 0 Å². The first kappa shape index (κ1) is 11.5. The van der Waals surface area contributed by atoms with E-state index < -0.39 is 13.6 Å². The van der Waals surface area contributed by atoms with E-state index in [4.69, 9.17) is 11.5 Å². The summed E-state index contributed by atoms with van der Waals surface area (Å²) < 4.78 is 0.451. The molecule has 11 heavy (non-hydrogen) atoms. The molecule has 0 radical (unpaired) electrons. The van der Waals surface area contributed by atoms with Crippen LogP contribution >= 0.6 is 0 Å². The van der Waals surface area contributed by atoms with Crippen molar-refractivity contribution in [3.05, 3.63) is 0 Å². The third-order valence-corrected chi connectivity index (χ3v) is 12.5. The molecular weight excluding hydrogens is 189 g/mol. The molecule has 0 aliphatic carbocycles. The third kappa shape index (κ3) is 4.89. The molecule has 0 heterocycles. The van der Waals surface area contributed by atoms with Crippen molar-refractivity contribution in [2.45, 2.75) is 39.6 Å². The Morgan fingerprint density at radius 2 is 1.64 bits per heavy atom. The van der Waals surface area contributed by atoms with Gasteiger partial charge in [-0.05, 0) is 0 Å². The standard InChI is InChI=1S/C4H11N2.4CH3.Zn/c5-3-1-2-4-6;;;;;/h3H,1-2,4-6H2;4*1H3;. The molecule has 0 saturated heterocycles. The van der Waals surface area contributed by atoms with Crippen LogP contribution in [0, 0.1) is 0 Å². The van der Waals surface area contributed by atoms with Crippen LogP contribution in [0.2, 0.25) is 22.1 Å². The maximum absolute atomic E-state index is 6.11. The first-order chi connectivity index (χ1) is 4.74. The van der Waals surface area contributed by atoms with Crippen LogP contribution in [0.4, 0.5) is 0 Å². The fourth-order valence-corrected chi connectivity index (χ4v) is 5.23. The normalized spacial score (nSPS) is 16.6. The summed E-state index contributed by atoms with van der Waals surface area (Å²) in [5.74, 6) is 0. The predicted molar refractivity (Wildman–Crippen MR) is 49.7 cm³/mol.